The molecular weight excluding hydrogens is 156 g/mol. The van der Waals surface area contributed by atoms with Gasteiger partial charge < -0.3 is 0 Å². The topological polar surface area (TPSA) is 0 Å². The smallest absolute Gasteiger partial charge is 0.0190 e. The lowest BCUT2D eigenvalue weighted by Gasteiger charge is -1.98. The molecule has 0 spiro atoms. The van der Waals surface area contributed by atoms with Gasteiger partial charge in [-0.25, -0.2) is 0 Å². The maximum Gasteiger partial charge on any atom is -0.0190 e. The average Bonchev–Trinajstić information content (AvgIpc) is 2.15. The number of allylic oxidation sites excluding steroid dienone is 4. The van der Waals surface area contributed by atoms with Gasteiger partial charge >= 0.3 is 0 Å². The van der Waals surface area contributed by atoms with Crippen LogP contribution in [0, 0.1) is 0 Å². The maximum atomic E-state index is 3.97. The normalized spacial score (nSPS) is 10.2. The molecule has 0 bridgehead atoms. The van der Waals surface area contributed by atoms with Crippen molar-refractivity contribution < 1.29 is 0 Å². The molecule has 1 rings (SSSR count). The van der Waals surface area contributed by atoms with E-state index >= 15 is 0 Å². The third-order valence-electron chi connectivity index (χ3n) is 1.71. The lowest BCUT2D eigenvalue weighted by Crippen LogP contribution is -1.76. The summed E-state index contributed by atoms with van der Waals surface area (Å²) in [7, 11) is 0. The molecule has 0 atom stereocenters. The van der Waals surface area contributed by atoms with Crippen LogP contribution in [0.5, 0.6) is 0 Å². The van der Waals surface area contributed by atoms with Gasteiger partial charge in [-0.15, -0.1) is 0 Å². The molecule has 0 aliphatic carbocycles. The Labute approximate surface area is 79.9 Å². The van der Waals surface area contributed by atoms with Crippen LogP contribution in [0.2, 0.25) is 0 Å². The van der Waals surface area contributed by atoms with Crippen LogP contribution in [0.4, 0.5) is 0 Å². The van der Waals surface area contributed by atoms with Crippen molar-refractivity contribution in [2.24, 2.45) is 0 Å². The van der Waals surface area contributed by atoms with Gasteiger partial charge in [-0.05, 0) is 18.1 Å². The van der Waals surface area contributed by atoms with E-state index in [-0.39, 0.29) is 0 Å². The molecule has 0 nitrogen and oxygen atoms in total. The van der Waals surface area contributed by atoms with Crippen LogP contribution in [0.3, 0.4) is 0 Å². The van der Waals surface area contributed by atoms with Crippen LogP contribution in [0.15, 0.2) is 61.2 Å². The molecule has 1 aromatic rings. The van der Waals surface area contributed by atoms with Gasteiger partial charge in [-0.3, -0.25) is 0 Å². The molecule has 0 saturated heterocycles. The van der Waals surface area contributed by atoms with E-state index in [1.54, 1.807) is 0 Å². The fourth-order valence-corrected chi connectivity index (χ4v) is 0.991. The zero-order chi connectivity index (χ0) is 9.68. The van der Waals surface area contributed by atoms with Crippen molar-refractivity contribution in [1.29, 1.82) is 0 Å². The summed E-state index contributed by atoms with van der Waals surface area (Å²) in [4.78, 5) is 0. The fraction of sp³-hybridized carbons (Fsp3) is 0.0769. The zero-order valence-electron chi connectivity index (χ0n) is 7.96. The van der Waals surface area contributed by atoms with Crippen molar-refractivity contribution >= 4 is 5.57 Å². The second-order valence-corrected chi connectivity index (χ2v) is 3.07. The Morgan fingerprint density at radius 2 is 1.69 bits per heavy atom. The Hall–Kier alpha value is -1.56. The van der Waals surface area contributed by atoms with E-state index in [1.807, 2.05) is 49.4 Å². The van der Waals surface area contributed by atoms with Crippen molar-refractivity contribution in [2.75, 3.05) is 0 Å². The van der Waals surface area contributed by atoms with Gasteiger partial charge in [0.2, 0.25) is 0 Å². The Morgan fingerprint density at radius 3 is 2.23 bits per heavy atom. The Balaban J connectivity index is 2.76. The molecule has 1 aromatic carbocycles. The highest BCUT2D eigenvalue weighted by atomic mass is 14.0. The van der Waals surface area contributed by atoms with E-state index < -0.39 is 0 Å². The Morgan fingerprint density at radius 1 is 1.08 bits per heavy atom. The molecule has 0 fully saturated rings. The number of rotatable bonds is 3. The maximum absolute atomic E-state index is 3.97. The summed E-state index contributed by atoms with van der Waals surface area (Å²) in [5.41, 5.74) is 3.21. The first-order valence-electron chi connectivity index (χ1n) is 4.28. The summed E-state index contributed by atoms with van der Waals surface area (Å²) in [6, 6.07) is 10.1. The van der Waals surface area contributed by atoms with E-state index in [1.165, 1.54) is 0 Å². The molecule has 0 N–H and O–H groups in total. The summed E-state index contributed by atoms with van der Waals surface area (Å²) >= 11 is 0. The largest absolute Gasteiger partial charge is 0.0961 e. The van der Waals surface area contributed by atoms with E-state index in [4.69, 9.17) is 0 Å². The molecule has 13 heavy (non-hydrogen) atoms. The van der Waals surface area contributed by atoms with Gasteiger partial charge in [0, 0.05) is 0 Å². The standard InChI is InChI=1S/C13H14/c1-11(2)9-10-12(3)13-7-5-4-6-8-13/h4-10H,1,3H2,2H3. The molecule has 0 radical (unpaired) electrons. The van der Waals surface area contributed by atoms with E-state index in [9.17, 15) is 0 Å². The number of hydrogen-bond acceptors (Lipinski definition) is 0. The van der Waals surface area contributed by atoms with Gasteiger partial charge in [-0.2, -0.15) is 0 Å². The highest BCUT2D eigenvalue weighted by Crippen LogP contribution is 2.13. The zero-order valence-corrected chi connectivity index (χ0v) is 7.96. The van der Waals surface area contributed by atoms with Crippen LogP contribution >= 0.6 is 0 Å². The quantitative estimate of drug-likeness (QED) is 0.605. The summed E-state index contributed by atoms with van der Waals surface area (Å²) < 4.78 is 0. The monoisotopic (exact) mass is 170 g/mol. The summed E-state index contributed by atoms with van der Waals surface area (Å²) in [6.45, 7) is 9.73. The van der Waals surface area contributed by atoms with Gasteiger partial charge in [0.25, 0.3) is 0 Å². The lowest BCUT2D eigenvalue weighted by molar-refractivity contribution is 1.55. The molecule has 0 heterocycles. The predicted octanol–water partition coefficient (Wildman–Crippen LogP) is 3.83. The minimum Gasteiger partial charge on any atom is -0.0961 e. The summed E-state index contributed by atoms with van der Waals surface area (Å²) in [6.07, 6.45) is 3.95. The van der Waals surface area contributed by atoms with E-state index in [0.29, 0.717) is 0 Å². The summed E-state index contributed by atoms with van der Waals surface area (Å²) in [5, 5.41) is 0. The molecule has 0 amide bonds. The van der Waals surface area contributed by atoms with Crippen LogP contribution in [-0.4, -0.2) is 0 Å². The van der Waals surface area contributed by atoms with Crippen molar-refractivity contribution in [3.8, 4) is 0 Å². The number of benzene rings is 1. The first-order chi connectivity index (χ1) is 6.20. The van der Waals surface area contributed by atoms with Crippen molar-refractivity contribution in [2.45, 2.75) is 6.92 Å². The molecule has 0 aliphatic heterocycles. The SMILES string of the molecule is C=C(C)C=CC(=C)c1ccccc1. The molecule has 0 heteroatoms. The minimum absolute atomic E-state index is 1.02. The Kier molecular flexibility index (Phi) is 3.27. The second kappa shape index (κ2) is 4.46. The molecule has 0 unspecified atom stereocenters. The van der Waals surface area contributed by atoms with E-state index in [2.05, 4.69) is 13.2 Å². The second-order valence-electron chi connectivity index (χ2n) is 3.07. The highest BCUT2D eigenvalue weighted by Gasteiger charge is 1.91. The molecule has 0 aromatic heterocycles. The van der Waals surface area contributed by atoms with E-state index in [0.717, 1.165) is 16.7 Å². The molecule has 66 valence electrons. The van der Waals surface area contributed by atoms with Gasteiger partial charge in [0.15, 0.2) is 0 Å². The third-order valence-corrected chi connectivity index (χ3v) is 1.71. The number of hydrogen-bond donors (Lipinski definition) is 0. The average molecular weight is 170 g/mol. The summed E-state index contributed by atoms with van der Waals surface area (Å²) in [5.74, 6) is 0. The highest BCUT2D eigenvalue weighted by molar-refractivity contribution is 5.72. The lowest BCUT2D eigenvalue weighted by atomic mass is 10.1. The fourth-order valence-electron chi connectivity index (χ4n) is 0.991. The van der Waals surface area contributed by atoms with Gasteiger partial charge in [0.1, 0.15) is 0 Å². The first kappa shape index (κ1) is 9.53. The minimum atomic E-state index is 1.02. The van der Waals surface area contributed by atoms with Crippen molar-refractivity contribution in [1.82, 2.24) is 0 Å². The van der Waals surface area contributed by atoms with Gasteiger partial charge in [-0.1, -0.05) is 61.2 Å². The third kappa shape index (κ3) is 3.12. The van der Waals surface area contributed by atoms with Crippen LogP contribution < -0.4 is 0 Å². The molecule has 0 saturated carbocycles. The molecular formula is C13H14. The van der Waals surface area contributed by atoms with Crippen LogP contribution in [0.25, 0.3) is 5.57 Å². The first-order valence-corrected chi connectivity index (χ1v) is 4.28. The van der Waals surface area contributed by atoms with Crippen molar-refractivity contribution in [3.63, 3.8) is 0 Å². The van der Waals surface area contributed by atoms with Gasteiger partial charge in [0.05, 0.1) is 0 Å². The predicted molar refractivity (Wildman–Crippen MR) is 59.4 cm³/mol. The molecule has 0 aliphatic rings. The van der Waals surface area contributed by atoms with Crippen LogP contribution in [0.1, 0.15) is 12.5 Å². The van der Waals surface area contributed by atoms with Crippen molar-refractivity contribution in [3.05, 3.63) is 66.8 Å². The Bertz CT molecular complexity index is 328. The van der Waals surface area contributed by atoms with Crippen LogP contribution in [-0.2, 0) is 0 Å².